The standard InChI is InChI=1S/C35H26N2O7/c1-43-23-16-17-28(44-2)26(19-23)30-31(32(38)21-11-14-22(15-12-21)37(41)42)36-27-10-6-3-7-20(27)13-18-29(36)35(30)33(39)24-8-4-5-9-25(24)34(35)40/h3-19,29-31H,1-2H3/t29-,30+,31-/m0/s1. The normalized spacial score (nSPS) is 20.7. The van der Waals surface area contributed by atoms with E-state index in [1.54, 1.807) is 42.5 Å². The summed E-state index contributed by atoms with van der Waals surface area (Å²) in [6, 6.07) is 22.9. The van der Waals surface area contributed by atoms with Gasteiger partial charge in [0, 0.05) is 46.0 Å². The number of hydrogen-bond acceptors (Lipinski definition) is 8. The molecule has 0 saturated carbocycles. The number of Topliss-reactive ketones (excluding diaryl/α,β-unsaturated/α-hetero) is 3. The lowest BCUT2D eigenvalue weighted by Gasteiger charge is -2.37. The first kappa shape index (κ1) is 27.3. The third-order valence-corrected chi connectivity index (χ3v) is 9.12. The van der Waals surface area contributed by atoms with Gasteiger partial charge in [0.25, 0.3) is 5.69 Å². The highest BCUT2D eigenvalue weighted by molar-refractivity contribution is 6.32. The number of hydrogen-bond donors (Lipinski definition) is 0. The molecule has 218 valence electrons. The molecule has 0 bridgehead atoms. The fraction of sp³-hybridized carbons (Fsp3) is 0.171. The van der Waals surface area contributed by atoms with Crippen molar-refractivity contribution >= 4 is 34.8 Å². The van der Waals surface area contributed by atoms with Gasteiger partial charge in [0.2, 0.25) is 0 Å². The lowest BCUT2D eigenvalue weighted by atomic mass is 9.64. The minimum Gasteiger partial charge on any atom is -0.497 e. The molecule has 0 radical (unpaired) electrons. The molecule has 4 aromatic carbocycles. The number of ether oxygens (including phenoxy) is 2. The molecule has 7 rings (SSSR count). The molecule has 0 N–H and O–H groups in total. The number of non-ortho nitro benzene ring substituents is 1. The Kier molecular flexibility index (Phi) is 6.21. The van der Waals surface area contributed by atoms with Crippen molar-refractivity contribution in [3.8, 4) is 11.5 Å². The molecule has 0 amide bonds. The maximum Gasteiger partial charge on any atom is 0.269 e. The monoisotopic (exact) mass is 586 g/mol. The van der Waals surface area contributed by atoms with E-state index in [4.69, 9.17) is 9.47 Å². The molecule has 9 heteroatoms. The number of nitrogens with zero attached hydrogens (tertiary/aromatic N) is 2. The highest BCUT2D eigenvalue weighted by Crippen LogP contribution is 2.62. The highest BCUT2D eigenvalue weighted by Gasteiger charge is 2.72. The summed E-state index contributed by atoms with van der Waals surface area (Å²) in [6.07, 6.45) is 3.73. The maximum atomic E-state index is 14.8. The molecule has 1 saturated heterocycles. The molecule has 0 aromatic heterocycles. The van der Waals surface area contributed by atoms with Crippen molar-refractivity contribution in [1.82, 2.24) is 0 Å². The summed E-state index contributed by atoms with van der Waals surface area (Å²) in [6.45, 7) is 0. The zero-order chi connectivity index (χ0) is 30.7. The van der Waals surface area contributed by atoms with E-state index in [1.807, 2.05) is 41.3 Å². The number of nitro benzene ring substituents is 1. The number of rotatable bonds is 6. The number of methoxy groups -OCH3 is 2. The lowest BCUT2D eigenvalue weighted by Crippen LogP contribution is -2.48. The van der Waals surface area contributed by atoms with Crippen molar-refractivity contribution in [2.45, 2.75) is 18.0 Å². The highest BCUT2D eigenvalue weighted by atomic mass is 16.6. The first-order valence-electron chi connectivity index (χ1n) is 14.1. The zero-order valence-corrected chi connectivity index (χ0v) is 23.8. The van der Waals surface area contributed by atoms with Crippen LogP contribution in [-0.2, 0) is 0 Å². The van der Waals surface area contributed by atoms with Crippen molar-refractivity contribution in [1.29, 1.82) is 0 Å². The number of benzene rings is 4. The van der Waals surface area contributed by atoms with Crippen LogP contribution < -0.4 is 14.4 Å². The largest absolute Gasteiger partial charge is 0.497 e. The van der Waals surface area contributed by atoms with Crippen molar-refractivity contribution in [3.05, 3.63) is 135 Å². The number of para-hydroxylation sites is 1. The molecule has 3 aliphatic rings. The first-order valence-corrected chi connectivity index (χ1v) is 14.1. The van der Waals surface area contributed by atoms with Gasteiger partial charge in [0.05, 0.1) is 25.2 Å². The molecule has 1 aliphatic carbocycles. The second-order valence-corrected chi connectivity index (χ2v) is 11.0. The van der Waals surface area contributed by atoms with E-state index in [2.05, 4.69) is 0 Å². The third kappa shape index (κ3) is 3.62. The molecule has 0 unspecified atom stereocenters. The summed E-state index contributed by atoms with van der Waals surface area (Å²) in [5.41, 5.74) is 0.937. The Balaban J connectivity index is 1.56. The molecule has 4 aromatic rings. The zero-order valence-electron chi connectivity index (χ0n) is 23.8. The molecule has 2 aliphatic heterocycles. The molecule has 1 spiro atoms. The van der Waals surface area contributed by atoms with Crippen LogP contribution in [0.2, 0.25) is 0 Å². The molecular weight excluding hydrogens is 560 g/mol. The summed E-state index contributed by atoms with van der Waals surface area (Å²) in [7, 11) is 3.01. The molecule has 2 heterocycles. The predicted molar refractivity (Wildman–Crippen MR) is 163 cm³/mol. The van der Waals surface area contributed by atoms with Crippen LogP contribution in [0.3, 0.4) is 0 Å². The van der Waals surface area contributed by atoms with Gasteiger partial charge in [-0.2, -0.15) is 0 Å². The number of nitro groups is 1. The number of carbonyl (C=O) groups excluding carboxylic acids is 3. The molecule has 44 heavy (non-hydrogen) atoms. The Hall–Kier alpha value is -5.57. The van der Waals surface area contributed by atoms with Crippen LogP contribution in [-0.4, -0.2) is 48.6 Å². The summed E-state index contributed by atoms with van der Waals surface area (Å²) < 4.78 is 11.4. The van der Waals surface area contributed by atoms with Crippen LogP contribution in [0.25, 0.3) is 6.08 Å². The van der Waals surface area contributed by atoms with E-state index in [1.165, 1.54) is 38.5 Å². The van der Waals surface area contributed by atoms with Crippen LogP contribution in [0, 0.1) is 15.5 Å². The smallest absolute Gasteiger partial charge is 0.269 e. The quantitative estimate of drug-likeness (QED) is 0.118. The van der Waals surface area contributed by atoms with Gasteiger partial charge < -0.3 is 14.4 Å². The van der Waals surface area contributed by atoms with E-state index in [0.29, 0.717) is 33.9 Å². The number of fused-ring (bicyclic) bond motifs is 5. The minimum absolute atomic E-state index is 0.156. The number of carbonyl (C=O) groups is 3. The van der Waals surface area contributed by atoms with Crippen LogP contribution >= 0.6 is 0 Å². The summed E-state index contributed by atoms with van der Waals surface area (Å²) in [4.78, 5) is 57.2. The fourth-order valence-corrected chi connectivity index (χ4v) is 7.26. The van der Waals surface area contributed by atoms with Crippen LogP contribution in [0.15, 0.2) is 97.1 Å². The van der Waals surface area contributed by atoms with Crippen LogP contribution in [0.1, 0.15) is 48.1 Å². The van der Waals surface area contributed by atoms with Crippen molar-refractivity contribution in [2.75, 3.05) is 19.1 Å². The van der Waals surface area contributed by atoms with Crippen molar-refractivity contribution in [2.24, 2.45) is 5.41 Å². The Labute approximate surface area is 252 Å². The Bertz CT molecular complexity index is 1880. The first-order chi connectivity index (χ1) is 21.3. The molecule has 9 nitrogen and oxygen atoms in total. The van der Waals surface area contributed by atoms with Crippen LogP contribution in [0.4, 0.5) is 11.4 Å². The average molecular weight is 587 g/mol. The number of ketones is 3. The average Bonchev–Trinajstić information content (AvgIpc) is 3.50. The summed E-state index contributed by atoms with van der Waals surface area (Å²) in [5, 5.41) is 11.4. The van der Waals surface area contributed by atoms with Gasteiger partial charge >= 0.3 is 0 Å². The van der Waals surface area contributed by atoms with Gasteiger partial charge in [0.15, 0.2) is 17.3 Å². The third-order valence-electron chi connectivity index (χ3n) is 9.12. The Morgan fingerprint density at radius 3 is 2.16 bits per heavy atom. The molecule has 3 atom stereocenters. The van der Waals surface area contributed by atoms with E-state index >= 15 is 0 Å². The van der Waals surface area contributed by atoms with Crippen LogP contribution in [0.5, 0.6) is 11.5 Å². The van der Waals surface area contributed by atoms with Gasteiger partial charge in [-0.05, 0) is 42.0 Å². The second kappa shape index (κ2) is 10.0. The summed E-state index contributed by atoms with van der Waals surface area (Å²) in [5.74, 6) is -1.29. The number of anilines is 1. The van der Waals surface area contributed by atoms with Gasteiger partial charge in [-0.25, -0.2) is 0 Å². The van der Waals surface area contributed by atoms with E-state index < -0.39 is 34.1 Å². The lowest BCUT2D eigenvalue weighted by molar-refractivity contribution is -0.384. The van der Waals surface area contributed by atoms with E-state index in [-0.39, 0.29) is 22.8 Å². The predicted octanol–water partition coefficient (Wildman–Crippen LogP) is 5.93. The minimum atomic E-state index is -1.73. The maximum absolute atomic E-state index is 14.8. The van der Waals surface area contributed by atoms with Crippen molar-refractivity contribution < 1.29 is 28.8 Å². The summed E-state index contributed by atoms with van der Waals surface area (Å²) >= 11 is 0. The Morgan fingerprint density at radius 1 is 0.864 bits per heavy atom. The van der Waals surface area contributed by atoms with Gasteiger partial charge in [0.1, 0.15) is 23.0 Å². The molecular formula is C35H26N2O7. The van der Waals surface area contributed by atoms with Gasteiger partial charge in [-0.1, -0.05) is 54.6 Å². The molecule has 1 fully saturated rings. The fourth-order valence-electron chi connectivity index (χ4n) is 7.26. The van der Waals surface area contributed by atoms with E-state index in [9.17, 15) is 24.5 Å². The van der Waals surface area contributed by atoms with Gasteiger partial charge in [-0.15, -0.1) is 0 Å². The van der Waals surface area contributed by atoms with Gasteiger partial charge in [-0.3, -0.25) is 24.5 Å². The topological polar surface area (TPSA) is 116 Å². The van der Waals surface area contributed by atoms with E-state index in [0.717, 1.165) is 5.56 Å². The second-order valence-electron chi connectivity index (χ2n) is 11.0. The Morgan fingerprint density at radius 2 is 1.52 bits per heavy atom. The SMILES string of the molecule is COc1ccc(OC)c([C@@H]2[C@@H](C(=O)c3ccc([N+](=O)[O-])cc3)N3c4ccccc4C=C[C@H]3C23C(=O)c2ccccc2C3=O)c1. The van der Waals surface area contributed by atoms with Crippen molar-refractivity contribution in [3.63, 3.8) is 0 Å².